The Labute approximate surface area is 653 Å². The number of hydrogen-bond acceptors (Lipinski definition) is 15. The van der Waals surface area contributed by atoms with Crippen molar-refractivity contribution in [3.05, 3.63) is 194 Å². The second-order valence-corrected chi connectivity index (χ2v) is 29.1. The summed E-state index contributed by atoms with van der Waals surface area (Å²) < 4.78 is 68.5. The fourth-order valence-corrected chi connectivity index (χ4v) is 11.6. The number of hydrogen-bond donors (Lipinski definition) is 3. The quantitative estimate of drug-likeness (QED) is 0.0169. The predicted molar refractivity (Wildman–Crippen MR) is 445 cm³/mol. The summed E-state index contributed by atoms with van der Waals surface area (Å²) in [5.41, 5.74) is 0. The molecule has 0 aromatic carbocycles. The van der Waals surface area contributed by atoms with E-state index in [4.69, 9.17) is 37.0 Å². The van der Waals surface area contributed by atoms with E-state index in [1.54, 1.807) is 0 Å². The van der Waals surface area contributed by atoms with Crippen LogP contribution in [0.4, 0.5) is 0 Å². The van der Waals surface area contributed by atoms with Crippen LogP contribution in [0.1, 0.15) is 285 Å². The van der Waals surface area contributed by atoms with Crippen molar-refractivity contribution in [3.63, 3.8) is 0 Å². The van der Waals surface area contributed by atoms with Gasteiger partial charge in [-0.2, -0.15) is 0 Å². The maximum atomic E-state index is 13.1. The number of aliphatic hydroxyl groups is 1. The first-order chi connectivity index (χ1) is 52.7. The fourth-order valence-electron chi connectivity index (χ4n) is 10.0. The molecular formula is C89H142O17P2. The zero-order valence-corrected chi connectivity index (χ0v) is 68.5. The van der Waals surface area contributed by atoms with Crippen molar-refractivity contribution < 1.29 is 80.2 Å². The number of allylic oxidation sites excluding steroid dienone is 32. The van der Waals surface area contributed by atoms with E-state index in [2.05, 4.69) is 186 Å². The summed E-state index contributed by atoms with van der Waals surface area (Å²) in [4.78, 5) is 73.0. The van der Waals surface area contributed by atoms with E-state index in [0.717, 1.165) is 141 Å². The average molecular weight is 1550 g/mol. The number of phosphoric ester groups is 2. The molecule has 0 heterocycles. The van der Waals surface area contributed by atoms with Crippen molar-refractivity contribution >= 4 is 39.5 Å². The second kappa shape index (κ2) is 79.0. The van der Waals surface area contributed by atoms with Gasteiger partial charge in [-0.3, -0.25) is 37.3 Å². The molecule has 0 saturated heterocycles. The molecule has 0 aliphatic rings. The minimum atomic E-state index is -5.02. The lowest BCUT2D eigenvalue weighted by atomic mass is 10.0. The molecule has 0 rings (SSSR count). The van der Waals surface area contributed by atoms with Crippen LogP contribution in [0.25, 0.3) is 0 Å². The van der Waals surface area contributed by atoms with E-state index in [9.17, 15) is 43.2 Å². The van der Waals surface area contributed by atoms with Gasteiger partial charge in [0.25, 0.3) is 0 Å². The summed E-state index contributed by atoms with van der Waals surface area (Å²) in [7, 11) is -10.0. The van der Waals surface area contributed by atoms with Gasteiger partial charge in [0.15, 0.2) is 12.2 Å². The number of phosphoric acid groups is 2. The molecule has 0 aromatic heterocycles. The molecule has 0 spiro atoms. The lowest BCUT2D eigenvalue weighted by molar-refractivity contribution is -0.161. The van der Waals surface area contributed by atoms with Gasteiger partial charge < -0.3 is 33.8 Å². The van der Waals surface area contributed by atoms with Gasteiger partial charge in [-0.1, -0.05) is 312 Å². The first-order valence-corrected chi connectivity index (χ1v) is 43.7. The summed E-state index contributed by atoms with van der Waals surface area (Å²) >= 11 is 0. The van der Waals surface area contributed by atoms with Crippen LogP contribution in [-0.4, -0.2) is 96.7 Å². The number of aliphatic hydroxyl groups excluding tert-OH is 1. The van der Waals surface area contributed by atoms with Gasteiger partial charge in [0.05, 0.1) is 26.4 Å². The largest absolute Gasteiger partial charge is 0.472 e. The smallest absolute Gasteiger partial charge is 0.462 e. The Kier molecular flexibility index (Phi) is 74.5. The highest BCUT2D eigenvalue weighted by Gasteiger charge is 2.30. The Hall–Kier alpha value is -6.10. The molecule has 0 saturated carbocycles. The molecule has 0 radical (unpaired) electrons. The lowest BCUT2D eigenvalue weighted by Gasteiger charge is -2.21. The molecule has 17 nitrogen and oxygen atoms in total. The maximum absolute atomic E-state index is 13.1. The molecule has 0 fully saturated rings. The zero-order chi connectivity index (χ0) is 78.9. The molecule has 5 unspecified atom stereocenters. The summed E-state index contributed by atoms with van der Waals surface area (Å²) in [6.07, 6.45) is 97.2. The van der Waals surface area contributed by atoms with Gasteiger partial charge in [0, 0.05) is 25.7 Å². The third-order valence-electron chi connectivity index (χ3n) is 16.1. The topological polar surface area (TPSA) is 237 Å². The first-order valence-electron chi connectivity index (χ1n) is 40.7. The van der Waals surface area contributed by atoms with Gasteiger partial charge in [-0.05, 0) is 141 Å². The van der Waals surface area contributed by atoms with Crippen molar-refractivity contribution in [2.45, 2.75) is 303 Å². The van der Waals surface area contributed by atoms with Crippen molar-refractivity contribution in [1.82, 2.24) is 0 Å². The highest BCUT2D eigenvalue weighted by molar-refractivity contribution is 7.47. The normalized spacial score (nSPS) is 14.8. The predicted octanol–water partition coefficient (Wildman–Crippen LogP) is 24.1. The van der Waals surface area contributed by atoms with Crippen LogP contribution in [0.15, 0.2) is 194 Å². The summed E-state index contributed by atoms with van der Waals surface area (Å²) in [6.45, 7) is 4.32. The lowest BCUT2D eigenvalue weighted by Crippen LogP contribution is -2.30. The third kappa shape index (κ3) is 78.0. The van der Waals surface area contributed by atoms with Crippen LogP contribution in [0.5, 0.6) is 0 Å². The number of rotatable bonds is 74. The van der Waals surface area contributed by atoms with Crippen molar-refractivity contribution in [1.29, 1.82) is 0 Å². The van der Waals surface area contributed by atoms with Crippen molar-refractivity contribution in [2.24, 2.45) is 0 Å². The molecule has 108 heavy (non-hydrogen) atoms. The standard InChI is InChI=1S/C89H142O17P2/c1-5-9-13-17-21-25-29-33-36-39-41-44-46-50-53-57-61-65-69-73-86(91)99-79-84(105-88(93)75-71-67-63-59-55-49-32-28-24-20-16-12-8-4)81-103-107(95,96)101-77-83(90)78-102-108(97,98)104-82-85(106-89(94)76-72-68-64-60-56-52-48-43-38-35-31-27-23-19-15-11-7-3)80-100-87(92)74-70-66-62-58-54-51-47-45-42-40-37-34-30-26-22-18-14-10-6-2/h9-11,13-15,21-23,25-27,33-38,41-42,44-45,48,50-54,61-62,65-66,83-85,90H,5-8,12,16-20,24,28-32,39-40,43,46-47,49,55-60,63-64,67-82H2,1-4H3,(H,95,96)(H,97,98)/b13-9-,14-10-,15-11-,25-21-,26-22-,27-23-,36-33-,37-34-,38-35-,44-41-,45-42-,52-48-,53-50-,54-51-,65-61-,66-62-. The average Bonchev–Trinajstić information content (AvgIpc) is 0.886. The molecule has 610 valence electrons. The number of unbranched alkanes of at least 4 members (excludes halogenated alkanes) is 16. The third-order valence-corrected chi connectivity index (χ3v) is 18.0. The molecule has 3 N–H and O–H groups in total. The molecule has 0 amide bonds. The summed E-state index contributed by atoms with van der Waals surface area (Å²) in [5.74, 6) is -2.41. The Morgan fingerprint density at radius 2 is 0.500 bits per heavy atom. The molecule has 0 bridgehead atoms. The van der Waals surface area contributed by atoms with Crippen molar-refractivity contribution in [2.75, 3.05) is 39.6 Å². The van der Waals surface area contributed by atoms with E-state index in [1.165, 1.54) is 51.4 Å². The SMILES string of the molecule is CC/C=C\C/C=C\C/C=C\C/C=C\C/C=C\C/C=C\CCC(=O)OCC(COP(=O)(O)OCC(O)COP(=O)(O)OCC(COC(=O)CC/C=C\C/C=C\C/C=C\C/C=C\C/C=C\C/C=C\CC)OC(=O)CCCCCCCCCCCCCCC)OC(=O)CCCCCC/C=C\C/C=C\C/C=C\C/C=C\CC. The molecule has 19 heteroatoms. The van der Waals surface area contributed by atoms with Gasteiger partial charge in [-0.25, -0.2) is 9.13 Å². The van der Waals surface area contributed by atoms with Gasteiger partial charge in [0.2, 0.25) is 0 Å². The molecule has 0 aliphatic carbocycles. The van der Waals surface area contributed by atoms with Gasteiger partial charge >= 0.3 is 39.5 Å². The Morgan fingerprint density at radius 3 is 0.778 bits per heavy atom. The van der Waals surface area contributed by atoms with E-state index in [-0.39, 0.29) is 25.7 Å². The molecule has 0 aromatic rings. The monoisotopic (exact) mass is 1540 g/mol. The van der Waals surface area contributed by atoms with Crippen molar-refractivity contribution in [3.8, 4) is 0 Å². The number of esters is 4. The highest BCUT2D eigenvalue weighted by atomic mass is 31.2. The van der Waals surface area contributed by atoms with E-state index < -0.39 is 97.5 Å². The molecule has 0 aliphatic heterocycles. The Bertz CT molecular complexity index is 2810. The highest BCUT2D eigenvalue weighted by Crippen LogP contribution is 2.45. The molecule has 5 atom stereocenters. The van der Waals surface area contributed by atoms with E-state index in [0.29, 0.717) is 38.5 Å². The van der Waals surface area contributed by atoms with Crippen LogP contribution in [-0.2, 0) is 65.4 Å². The van der Waals surface area contributed by atoms with Crippen LogP contribution in [0.3, 0.4) is 0 Å². The van der Waals surface area contributed by atoms with Gasteiger partial charge in [-0.15, -0.1) is 0 Å². The van der Waals surface area contributed by atoms with E-state index in [1.807, 2.05) is 36.5 Å². The number of ether oxygens (including phenoxy) is 4. The summed E-state index contributed by atoms with van der Waals surface area (Å²) in [5, 5.41) is 10.7. The summed E-state index contributed by atoms with van der Waals surface area (Å²) in [6, 6.07) is 0. The maximum Gasteiger partial charge on any atom is 0.472 e. The fraction of sp³-hybridized carbons (Fsp3) is 0.596. The van der Waals surface area contributed by atoms with E-state index >= 15 is 0 Å². The van der Waals surface area contributed by atoms with Crippen LogP contribution >= 0.6 is 15.6 Å². The van der Waals surface area contributed by atoms with Crippen LogP contribution < -0.4 is 0 Å². The Balaban J connectivity index is 5.53. The Morgan fingerprint density at radius 1 is 0.269 bits per heavy atom. The molecular weight excluding hydrogens is 1400 g/mol. The minimum Gasteiger partial charge on any atom is -0.462 e. The van der Waals surface area contributed by atoms with Gasteiger partial charge in [0.1, 0.15) is 19.3 Å². The minimum absolute atomic E-state index is 0.0217. The number of carbonyl (C=O) groups is 4. The zero-order valence-electron chi connectivity index (χ0n) is 66.7. The number of carbonyl (C=O) groups excluding carboxylic acids is 4. The van der Waals surface area contributed by atoms with Crippen LogP contribution in [0.2, 0.25) is 0 Å². The second-order valence-electron chi connectivity index (χ2n) is 26.2. The first kappa shape index (κ1) is 102. The van der Waals surface area contributed by atoms with Crippen LogP contribution in [0, 0.1) is 0 Å².